The van der Waals surface area contributed by atoms with Crippen molar-refractivity contribution in [3.05, 3.63) is 109 Å². The smallest absolute Gasteiger partial charge is 0.279 e. The molecule has 0 aliphatic carbocycles. The molecular formula is C33H34N3O2+. The van der Waals surface area contributed by atoms with Crippen molar-refractivity contribution < 1.29 is 14.4 Å². The van der Waals surface area contributed by atoms with Crippen LogP contribution in [0.4, 0.5) is 5.69 Å². The zero-order chi connectivity index (χ0) is 26.1. The fraction of sp³-hybridized carbons (Fsp3) is 0.273. The van der Waals surface area contributed by atoms with Gasteiger partial charge >= 0.3 is 0 Å². The molecule has 3 saturated heterocycles. The number of nitrogens with one attached hydrogen (secondary N) is 1. The van der Waals surface area contributed by atoms with Crippen molar-refractivity contribution in [2.75, 3.05) is 25.0 Å². The van der Waals surface area contributed by atoms with Crippen LogP contribution in [0.2, 0.25) is 0 Å². The number of aliphatic hydroxyl groups is 1. The molecule has 0 spiro atoms. The standard InChI is InChI=1S/C33H33N3O2/c1-2-23-21-36(22-32(37)35-30-15-9-6-12-26(30)24-10-4-3-5-11-24)19-17-25(23)20-31(36)33(38)28-16-18-34-29-14-8-7-13-27(28)29/h2-16,18,23,25,31,33,38H,1,17,19-22H2/p+1/t23-,25-,31-,33+,36-/m0/s1. The summed E-state index contributed by atoms with van der Waals surface area (Å²) in [7, 11) is 0. The first-order valence-electron chi connectivity index (χ1n) is 13.5. The van der Waals surface area contributed by atoms with Crippen molar-refractivity contribution in [1.82, 2.24) is 4.98 Å². The van der Waals surface area contributed by atoms with Crippen LogP contribution in [0.25, 0.3) is 22.0 Å². The van der Waals surface area contributed by atoms with Gasteiger partial charge in [0.1, 0.15) is 12.1 Å². The Morgan fingerprint density at radius 3 is 2.66 bits per heavy atom. The minimum atomic E-state index is -0.680. The number of para-hydroxylation sites is 2. The number of hydrogen-bond acceptors (Lipinski definition) is 3. The number of rotatable bonds is 7. The SMILES string of the molecule is C=C[C@H]1C[N@+]2(CC(=O)Nc3ccccc3-c3ccccc3)CC[C@H]1C[C@H]2[C@H](O)c1ccnc2ccccc12. The lowest BCUT2D eigenvalue weighted by Gasteiger charge is -2.57. The van der Waals surface area contributed by atoms with Crippen molar-refractivity contribution in [3.63, 3.8) is 0 Å². The molecule has 192 valence electrons. The second-order valence-electron chi connectivity index (χ2n) is 10.9. The number of nitrogens with zero attached hydrogens (tertiary/aromatic N) is 2. The number of hydrogen-bond donors (Lipinski definition) is 2. The van der Waals surface area contributed by atoms with Crippen LogP contribution < -0.4 is 5.32 Å². The van der Waals surface area contributed by atoms with Gasteiger partial charge in [0.05, 0.1) is 18.6 Å². The number of pyridine rings is 1. The Morgan fingerprint density at radius 1 is 1.05 bits per heavy atom. The topological polar surface area (TPSA) is 62.2 Å². The van der Waals surface area contributed by atoms with Gasteiger partial charge in [0.2, 0.25) is 0 Å². The number of carbonyl (C=O) groups excluding carboxylic acids is 1. The fourth-order valence-corrected chi connectivity index (χ4v) is 6.90. The van der Waals surface area contributed by atoms with Gasteiger partial charge < -0.3 is 14.9 Å². The summed E-state index contributed by atoms with van der Waals surface area (Å²) in [4.78, 5) is 18.2. The average Bonchev–Trinajstić information content (AvgIpc) is 2.97. The lowest BCUT2D eigenvalue weighted by molar-refractivity contribution is -0.966. The number of aliphatic hydroxyl groups excluding tert-OH is 1. The maximum Gasteiger partial charge on any atom is 0.279 e. The Labute approximate surface area is 224 Å². The van der Waals surface area contributed by atoms with Crippen LogP contribution in [-0.4, -0.2) is 46.2 Å². The number of anilines is 1. The second kappa shape index (κ2) is 10.2. The van der Waals surface area contributed by atoms with Gasteiger partial charge in [0, 0.05) is 41.6 Å². The predicted octanol–water partition coefficient (Wildman–Crippen LogP) is 5.99. The Kier molecular flexibility index (Phi) is 6.56. The van der Waals surface area contributed by atoms with Crippen LogP contribution in [0, 0.1) is 11.8 Å². The van der Waals surface area contributed by atoms with Gasteiger partial charge in [-0.25, -0.2) is 0 Å². The van der Waals surface area contributed by atoms with E-state index in [-0.39, 0.29) is 11.9 Å². The summed E-state index contributed by atoms with van der Waals surface area (Å²) >= 11 is 0. The number of benzene rings is 3. The number of carbonyl (C=O) groups is 1. The fourth-order valence-electron chi connectivity index (χ4n) is 6.90. The highest BCUT2D eigenvalue weighted by Crippen LogP contribution is 2.47. The van der Waals surface area contributed by atoms with E-state index in [4.69, 9.17) is 0 Å². The van der Waals surface area contributed by atoms with E-state index in [1.165, 1.54) is 0 Å². The summed E-state index contributed by atoms with van der Waals surface area (Å²) in [6, 6.07) is 27.9. The minimum absolute atomic E-state index is 0.0201. The molecule has 0 saturated carbocycles. The molecule has 1 aromatic heterocycles. The molecule has 7 rings (SSSR count). The third-order valence-corrected chi connectivity index (χ3v) is 8.79. The molecule has 4 aromatic rings. The van der Waals surface area contributed by atoms with Gasteiger partial charge in [-0.15, -0.1) is 6.58 Å². The Bertz CT molecular complexity index is 1460. The first-order chi connectivity index (χ1) is 18.6. The van der Waals surface area contributed by atoms with E-state index in [1.807, 2.05) is 72.8 Å². The molecule has 3 aromatic carbocycles. The quantitative estimate of drug-likeness (QED) is 0.240. The minimum Gasteiger partial charge on any atom is -0.382 e. The molecule has 5 heteroatoms. The van der Waals surface area contributed by atoms with E-state index in [0.717, 1.165) is 59.2 Å². The summed E-state index contributed by atoms with van der Waals surface area (Å²) in [6.07, 6.45) is 5.08. The molecule has 3 aliphatic heterocycles. The molecule has 5 atom stereocenters. The average molecular weight is 505 g/mol. The maximum absolute atomic E-state index is 13.7. The molecule has 0 radical (unpaired) electrons. The molecule has 4 heterocycles. The van der Waals surface area contributed by atoms with Gasteiger partial charge in [-0.05, 0) is 35.2 Å². The Morgan fingerprint density at radius 2 is 1.82 bits per heavy atom. The molecule has 1 amide bonds. The number of aromatic nitrogens is 1. The number of fused-ring (bicyclic) bond motifs is 4. The van der Waals surface area contributed by atoms with Crippen LogP contribution in [0.1, 0.15) is 24.5 Å². The molecular weight excluding hydrogens is 470 g/mol. The van der Waals surface area contributed by atoms with Crippen molar-refractivity contribution in [2.45, 2.75) is 25.0 Å². The van der Waals surface area contributed by atoms with Crippen LogP contribution in [0.5, 0.6) is 0 Å². The lowest BCUT2D eigenvalue weighted by atomic mass is 9.71. The van der Waals surface area contributed by atoms with Crippen LogP contribution in [0.3, 0.4) is 0 Å². The van der Waals surface area contributed by atoms with Gasteiger partial charge in [0.15, 0.2) is 6.54 Å². The normalized spacial score (nSPS) is 25.1. The summed E-state index contributed by atoms with van der Waals surface area (Å²) in [6.45, 7) is 6.15. The number of amides is 1. The zero-order valence-electron chi connectivity index (χ0n) is 21.5. The first kappa shape index (κ1) is 24.5. The van der Waals surface area contributed by atoms with Gasteiger partial charge in [-0.1, -0.05) is 72.8 Å². The summed E-state index contributed by atoms with van der Waals surface area (Å²) in [5, 5.41) is 16.1. The summed E-state index contributed by atoms with van der Waals surface area (Å²) < 4.78 is 0.574. The highest BCUT2D eigenvalue weighted by Gasteiger charge is 2.54. The number of piperidine rings is 3. The van der Waals surface area contributed by atoms with Crippen LogP contribution in [0.15, 0.2) is 104 Å². The van der Waals surface area contributed by atoms with Gasteiger partial charge in [-0.3, -0.25) is 9.78 Å². The monoisotopic (exact) mass is 504 g/mol. The van der Waals surface area contributed by atoms with Crippen molar-refractivity contribution in [3.8, 4) is 11.1 Å². The first-order valence-corrected chi connectivity index (χ1v) is 13.5. The van der Waals surface area contributed by atoms with Crippen LogP contribution in [-0.2, 0) is 4.79 Å². The third-order valence-electron chi connectivity index (χ3n) is 8.79. The molecule has 38 heavy (non-hydrogen) atoms. The van der Waals surface area contributed by atoms with E-state index in [0.29, 0.717) is 22.9 Å². The van der Waals surface area contributed by atoms with E-state index >= 15 is 0 Å². The van der Waals surface area contributed by atoms with Crippen molar-refractivity contribution >= 4 is 22.5 Å². The van der Waals surface area contributed by atoms with E-state index in [1.54, 1.807) is 6.20 Å². The molecule has 2 N–H and O–H groups in total. The predicted molar refractivity (Wildman–Crippen MR) is 152 cm³/mol. The van der Waals surface area contributed by atoms with Crippen molar-refractivity contribution in [1.29, 1.82) is 0 Å². The van der Waals surface area contributed by atoms with Crippen molar-refractivity contribution in [2.24, 2.45) is 11.8 Å². The highest BCUT2D eigenvalue weighted by molar-refractivity contribution is 5.96. The van der Waals surface area contributed by atoms with Gasteiger partial charge in [0.25, 0.3) is 5.91 Å². The molecule has 0 unspecified atom stereocenters. The molecule has 3 aliphatic rings. The Balaban J connectivity index is 1.31. The zero-order valence-corrected chi connectivity index (χ0v) is 21.5. The largest absolute Gasteiger partial charge is 0.382 e. The third kappa shape index (κ3) is 4.42. The van der Waals surface area contributed by atoms with E-state index in [2.05, 4.69) is 35.1 Å². The van der Waals surface area contributed by atoms with Crippen LogP contribution >= 0.6 is 0 Å². The molecule has 3 fully saturated rings. The second-order valence-corrected chi connectivity index (χ2v) is 10.9. The molecule has 5 nitrogen and oxygen atoms in total. The van der Waals surface area contributed by atoms with E-state index < -0.39 is 6.10 Å². The van der Waals surface area contributed by atoms with E-state index in [9.17, 15) is 9.90 Å². The highest BCUT2D eigenvalue weighted by atomic mass is 16.3. The van der Waals surface area contributed by atoms with Gasteiger partial charge in [-0.2, -0.15) is 0 Å². The summed E-state index contributed by atoms with van der Waals surface area (Å²) in [5.74, 6) is 0.821. The maximum atomic E-state index is 13.7. The lowest BCUT2D eigenvalue weighted by Crippen LogP contribution is -2.69. The molecule has 2 bridgehead atoms. The Hall–Kier alpha value is -3.80. The summed E-state index contributed by atoms with van der Waals surface area (Å²) in [5.41, 5.74) is 4.66. The number of quaternary nitrogens is 1.